The molecule has 1 aromatic rings. The standard InChI is InChI=1S/C17H31N7O2S.HI/c1-4-18-17(19-11-14-7-9-23(10-8-14)27(3,25)26)21-15-5-6-16-20-13(2)22-24(16)12-15;/h14-15H,4-12H2,1-3H3,(H2,18,19,21);1H. The molecule has 28 heavy (non-hydrogen) atoms. The second kappa shape index (κ2) is 10.2. The second-order valence-electron chi connectivity index (χ2n) is 7.46. The van der Waals surface area contributed by atoms with Crippen molar-refractivity contribution in [3.05, 3.63) is 11.6 Å². The van der Waals surface area contributed by atoms with E-state index in [0.29, 0.717) is 25.6 Å². The van der Waals surface area contributed by atoms with E-state index in [-0.39, 0.29) is 30.0 Å². The van der Waals surface area contributed by atoms with E-state index in [1.54, 1.807) is 4.31 Å². The van der Waals surface area contributed by atoms with Crippen molar-refractivity contribution in [2.75, 3.05) is 32.4 Å². The summed E-state index contributed by atoms with van der Waals surface area (Å²) in [6.45, 7) is 7.50. The van der Waals surface area contributed by atoms with Crippen LogP contribution in [0, 0.1) is 12.8 Å². The first kappa shape index (κ1) is 23.3. The van der Waals surface area contributed by atoms with Crippen LogP contribution in [0.25, 0.3) is 0 Å². The molecule has 3 rings (SSSR count). The Labute approximate surface area is 184 Å². The van der Waals surface area contributed by atoms with E-state index in [1.807, 2.05) is 11.6 Å². The predicted molar refractivity (Wildman–Crippen MR) is 121 cm³/mol. The number of hydrogen-bond acceptors (Lipinski definition) is 5. The number of aryl methyl sites for hydroxylation is 2. The maximum atomic E-state index is 11.6. The average molecular weight is 525 g/mol. The van der Waals surface area contributed by atoms with Gasteiger partial charge in [0.2, 0.25) is 10.0 Å². The summed E-state index contributed by atoms with van der Waals surface area (Å²) < 4.78 is 26.8. The molecule has 0 amide bonds. The molecular weight excluding hydrogens is 493 g/mol. The zero-order valence-corrected chi connectivity index (χ0v) is 20.0. The van der Waals surface area contributed by atoms with E-state index in [9.17, 15) is 8.42 Å². The lowest BCUT2D eigenvalue weighted by molar-refractivity contribution is 0.280. The smallest absolute Gasteiger partial charge is 0.211 e. The van der Waals surface area contributed by atoms with Gasteiger partial charge in [-0.1, -0.05) is 0 Å². The number of rotatable bonds is 5. The second-order valence-corrected chi connectivity index (χ2v) is 9.44. The molecule has 0 aliphatic carbocycles. The molecule has 160 valence electrons. The van der Waals surface area contributed by atoms with Gasteiger partial charge in [-0.15, -0.1) is 24.0 Å². The van der Waals surface area contributed by atoms with Crippen LogP contribution in [0.3, 0.4) is 0 Å². The highest BCUT2D eigenvalue weighted by atomic mass is 127. The Balaban J connectivity index is 0.00000280. The molecule has 2 N–H and O–H groups in total. The Bertz CT molecular complexity index is 772. The zero-order chi connectivity index (χ0) is 19.4. The lowest BCUT2D eigenvalue weighted by Gasteiger charge is -2.30. The molecule has 1 aromatic heterocycles. The maximum absolute atomic E-state index is 11.6. The van der Waals surface area contributed by atoms with Gasteiger partial charge in [0.1, 0.15) is 11.6 Å². The minimum absolute atomic E-state index is 0. The number of aliphatic imine (C=N–C) groups is 1. The Morgan fingerprint density at radius 1 is 1.29 bits per heavy atom. The molecule has 1 unspecified atom stereocenters. The number of hydrogen-bond donors (Lipinski definition) is 2. The first-order valence-electron chi connectivity index (χ1n) is 9.75. The number of piperidine rings is 1. The average Bonchev–Trinajstić information content (AvgIpc) is 2.99. The Kier molecular flexibility index (Phi) is 8.49. The highest BCUT2D eigenvalue weighted by Gasteiger charge is 2.25. The molecule has 2 aliphatic rings. The van der Waals surface area contributed by atoms with Crippen molar-refractivity contribution in [3.8, 4) is 0 Å². The Morgan fingerprint density at radius 2 is 2.00 bits per heavy atom. The van der Waals surface area contributed by atoms with Crippen LogP contribution >= 0.6 is 24.0 Å². The third-order valence-corrected chi connectivity index (χ3v) is 6.50. The minimum atomic E-state index is -3.07. The summed E-state index contributed by atoms with van der Waals surface area (Å²) >= 11 is 0. The highest BCUT2D eigenvalue weighted by molar-refractivity contribution is 14.0. The van der Waals surface area contributed by atoms with E-state index < -0.39 is 10.0 Å². The molecule has 1 atom stereocenters. The van der Waals surface area contributed by atoms with Gasteiger partial charge >= 0.3 is 0 Å². The van der Waals surface area contributed by atoms with Gasteiger partial charge in [0.05, 0.1) is 12.8 Å². The van der Waals surface area contributed by atoms with Crippen LogP contribution < -0.4 is 10.6 Å². The van der Waals surface area contributed by atoms with Crippen molar-refractivity contribution in [2.45, 2.75) is 52.1 Å². The fourth-order valence-corrected chi connectivity index (χ4v) is 4.58. The fourth-order valence-electron chi connectivity index (χ4n) is 3.71. The van der Waals surface area contributed by atoms with Crippen LogP contribution in [-0.2, 0) is 23.0 Å². The molecular formula is C17H32IN7O2S. The van der Waals surface area contributed by atoms with Gasteiger partial charge in [-0.05, 0) is 39.0 Å². The molecule has 9 nitrogen and oxygen atoms in total. The lowest BCUT2D eigenvalue weighted by Crippen LogP contribution is -2.47. The summed E-state index contributed by atoms with van der Waals surface area (Å²) in [5.74, 6) is 3.14. The van der Waals surface area contributed by atoms with Crippen molar-refractivity contribution in [1.82, 2.24) is 29.7 Å². The summed E-state index contributed by atoms with van der Waals surface area (Å²) in [6.07, 6.45) is 4.93. The number of nitrogens with zero attached hydrogens (tertiary/aromatic N) is 5. The van der Waals surface area contributed by atoms with E-state index in [4.69, 9.17) is 4.99 Å². The van der Waals surface area contributed by atoms with Crippen molar-refractivity contribution in [2.24, 2.45) is 10.9 Å². The largest absolute Gasteiger partial charge is 0.357 e. The zero-order valence-electron chi connectivity index (χ0n) is 16.9. The highest BCUT2D eigenvalue weighted by Crippen LogP contribution is 2.19. The van der Waals surface area contributed by atoms with Crippen molar-refractivity contribution < 1.29 is 8.42 Å². The number of aromatic nitrogens is 3. The van der Waals surface area contributed by atoms with Gasteiger partial charge in [0, 0.05) is 38.6 Å². The number of halogens is 1. The predicted octanol–water partition coefficient (Wildman–Crippen LogP) is 0.746. The molecule has 3 heterocycles. The summed E-state index contributed by atoms with van der Waals surface area (Å²) in [5.41, 5.74) is 0. The van der Waals surface area contributed by atoms with E-state index in [2.05, 4.69) is 27.6 Å². The maximum Gasteiger partial charge on any atom is 0.211 e. The third kappa shape index (κ3) is 6.28. The van der Waals surface area contributed by atoms with E-state index in [0.717, 1.165) is 56.4 Å². The molecule has 0 radical (unpaired) electrons. The van der Waals surface area contributed by atoms with Crippen molar-refractivity contribution >= 4 is 40.0 Å². The molecule has 1 saturated heterocycles. The first-order valence-corrected chi connectivity index (χ1v) is 11.6. The van der Waals surface area contributed by atoms with E-state index in [1.165, 1.54) is 6.26 Å². The monoisotopic (exact) mass is 525 g/mol. The van der Waals surface area contributed by atoms with Crippen LogP contribution in [0.4, 0.5) is 0 Å². The summed E-state index contributed by atoms with van der Waals surface area (Å²) in [7, 11) is -3.07. The lowest BCUT2D eigenvalue weighted by atomic mass is 9.98. The number of nitrogens with one attached hydrogen (secondary N) is 2. The summed E-state index contributed by atoms with van der Waals surface area (Å²) in [5, 5.41) is 11.3. The quantitative estimate of drug-likeness (QED) is 0.334. The van der Waals surface area contributed by atoms with Crippen LogP contribution in [0.5, 0.6) is 0 Å². The molecule has 2 aliphatic heterocycles. The summed E-state index contributed by atoms with van der Waals surface area (Å²) in [4.78, 5) is 9.21. The van der Waals surface area contributed by atoms with Crippen LogP contribution in [0.1, 0.15) is 37.8 Å². The normalized spacial score (nSPS) is 21.7. The van der Waals surface area contributed by atoms with E-state index >= 15 is 0 Å². The molecule has 0 bridgehead atoms. The molecule has 0 saturated carbocycles. The molecule has 0 spiro atoms. The van der Waals surface area contributed by atoms with Crippen molar-refractivity contribution in [3.63, 3.8) is 0 Å². The SMILES string of the molecule is CCNC(=NCC1CCN(S(C)(=O)=O)CC1)NC1CCc2nc(C)nn2C1.I. The number of sulfonamides is 1. The molecule has 0 aromatic carbocycles. The fraction of sp³-hybridized carbons (Fsp3) is 0.824. The molecule has 1 fully saturated rings. The van der Waals surface area contributed by atoms with Gasteiger partial charge in [0.15, 0.2) is 5.96 Å². The third-order valence-electron chi connectivity index (χ3n) is 5.20. The van der Waals surface area contributed by atoms with Gasteiger partial charge in [-0.25, -0.2) is 22.4 Å². The number of fused-ring (bicyclic) bond motifs is 1. The topological polar surface area (TPSA) is 105 Å². The van der Waals surface area contributed by atoms with Gasteiger partial charge in [-0.2, -0.15) is 5.10 Å². The Morgan fingerprint density at radius 3 is 2.64 bits per heavy atom. The first-order chi connectivity index (χ1) is 12.8. The Hall–Kier alpha value is -0.950. The molecule has 11 heteroatoms. The number of guanidine groups is 1. The van der Waals surface area contributed by atoms with Gasteiger partial charge in [-0.3, -0.25) is 4.99 Å². The summed E-state index contributed by atoms with van der Waals surface area (Å²) in [6, 6.07) is 0.281. The van der Waals surface area contributed by atoms with Crippen molar-refractivity contribution in [1.29, 1.82) is 0 Å². The van der Waals surface area contributed by atoms with Gasteiger partial charge in [0.25, 0.3) is 0 Å². The van der Waals surface area contributed by atoms with Crippen LogP contribution in [0.15, 0.2) is 4.99 Å². The minimum Gasteiger partial charge on any atom is -0.357 e. The van der Waals surface area contributed by atoms with Crippen LogP contribution in [0.2, 0.25) is 0 Å². The van der Waals surface area contributed by atoms with Gasteiger partial charge < -0.3 is 10.6 Å². The van der Waals surface area contributed by atoms with Crippen LogP contribution in [-0.4, -0.2) is 71.9 Å².